The lowest BCUT2D eigenvalue weighted by Gasteiger charge is -2.49. The van der Waals surface area contributed by atoms with Gasteiger partial charge in [0.25, 0.3) is 5.91 Å². The van der Waals surface area contributed by atoms with Gasteiger partial charge in [-0.3, -0.25) is 14.4 Å². The molecule has 2 heterocycles. The summed E-state index contributed by atoms with van der Waals surface area (Å²) in [6.07, 6.45) is 6.35. The Hall–Kier alpha value is -2.73. The predicted octanol–water partition coefficient (Wildman–Crippen LogP) is 3.92. The number of esters is 1. The van der Waals surface area contributed by atoms with E-state index in [0.29, 0.717) is 24.3 Å². The SMILES string of the molecule is C=C1[C@@H](C)[C@H]2[C@H](Cc3ccccc3)NC(=O)[C@]23OC(=O)CCC(=O)CCC[C@@H](C)CC=C[C@H]3[C@@H]1O. The monoisotopic (exact) mass is 479 g/mol. The van der Waals surface area contributed by atoms with E-state index in [0.717, 1.165) is 24.8 Å². The van der Waals surface area contributed by atoms with Gasteiger partial charge in [0.1, 0.15) is 5.78 Å². The van der Waals surface area contributed by atoms with Crippen LogP contribution in [0.2, 0.25) is 0 Å². The fourth-order valence-corrected chi connectivity index (χ4v) is 6.19. The number of ether oxygens (including phenoxy) is 1. The van der Waals surface area contributed by atoms with Gasteiger partial charge in [-0.1, -0.05) is 62.9 Å². The van der Waals surface area contributed by atoms with Gasteiger partial charge in [0.05, 0.1) is 18.4 Å². The summed E-state index contributed by atoms with van der Waals surface area (Å²) < 4.78 is 6.10. The minimum absolute atomic E-state index is 0.0376. The van der Waals surface area contributed by atoms with Crippen molar-refractivity contribution in [2.75, 3.05) is 0 Å². The van der Waals surface area contributed by atoms with E-state index in [-0.39, 0.29) is 36.5 Å². The zero-order chi connectivity index (χ0) is 25.2. The number of allylic oxidation sites excluding steroid dienone is 1. The highest BCUT2D eigenvalue weighted by molar-refractivity contribution is 5.93. The zero-order valence-corrected chi connectivity index (χ0v) is 20.7. The minimum Gasteiger partial charge on any atom is -0.448 e. The van der Waals surface area contributed by atoms with Crippen LogP contribution < -0.4 is 5.32 Å². The van der Waals surface area contributed by atoms with Crippen molar-refractivity contribution in [3.8, 4) is 0 Å². The lowest BCUT2D eigenvalue weighted by molar-refractivity contribution is -0.186. The molecule has 0 unspecified atom stereocenters. The van der Waals surface area contributed by atoms with Crippen molar-refractivity contribution in [3.63, 3.8) is 0 Å². The van der Waals surface area contributed by atoms with E-state index in [2.05, 4.69) is 18.8 Å². The second kappa shape index (κ2) is 10.5. The number of ketones is 1. The summed E-state index contributed by atoms with van der Waals surface area (Å²) in [4.78, 5) is 39.1. The van der Waals surface area contributed by atoms with Gasteiger partial charge in [-0.05, 0) is 48.7 Å². The van der Waals surface area contributed by atoms with Crippen LogP contribution in [0.4, 0.5) is 0 Å². The van der Waals surface area contributed by atoms with E-state index in [1.54, 1.807) is 0 Å². The van der Waals surface area contributed by atoms with Crippen molar-refractivity contribution >= 4 is 17.7 Å². The van der Waals surface area contributed by atoms with Crippen LogP contribution in [0.15, 0.2) is 54.6 Å². The molecule has 6 heteroatoms. The van der Waals surface area contributed by atoms with E-state index in [1.165, 1.54) is 0 Å². The number of aliphatic hydroxyl groups is 1. The van der Waals surface area contributed by atoms with Crippen LogP contribution in [0, 0.1) is 23.7 Å². The molecule has 1 aliphatic carbocycles. The number of aliphatic hydroxyl groups excluding tert-OH is 1. The molecular weight excluding hydrogens is 442 g/mol. The normalized spacial score (nSPS) is 36.5. The highest BCUT2D eigenvalue weighted by Crippen LogP contribution is 2.52. The average Bonchev–Trinajstić information content (AvgIpc) is 3.09. The maximum Gasteiger partial charge on any atom is 0.307 e. The van der Waals surface area contributed by atoms with Gasteiger partial charge in [-0.2, -0.15) is 0 Å². The quantitative estimate of drug-likeness (QED) is 0.495. The number of benzene rings is 1. The maximum atomic E-state index is 13.7. The molecule has 2 fully saturated rings. The number of carbonyl (C=O) groups is 3. The molecule has 1 spiro atoms. The molecular formula is C29H37NO5. The lowest BCUT2D eigenvalue weighted by atomic mass is 9.59. The molecule has 1 aromatic rings. The maximum absolute atomic E-state index is 13.7. The van der Waals surface area contributed by atoms with Crippen LogP contribution in [-0.4, -0.2) is 40.5 Å². The van der Waals surface area contributed by atoms with E-state index in [4.69, 9.17) is 4.74 Å². The van der Waals surface area contributed by atoms with Crippen LogP contribution in [0.5, 0.6) is 0 Å². The van der Waals surface area contributed by atoms with Crippen LogP contribution in [0.3, 0.4) is 0 Å². The summed E-state index contributed by atoms with van der Waals surface area (Å²) in [5, 5.41) is 14.4. The van der Waals surface area contributed by atoms with Gasteiger partial charge in [0.15, 0.2) is 0 Å². The van der Waals surface area contributed by atoms with Crippen LogP contribution in [0.25, 0.3) is 0 Å². The molecule has 0 bridgehead atoms. The molecule has 2 aliphatic heterocycles. The predicted molar refractivity (Wildman–Crippen MR) is 133 cm³/mol. The van der Waals surface area contributed by atoms with Crippen molar-refractivity contribution < 1.29 is 24.2 Å². The molecule has 188 valence electrons. The molecule has 4 rings (SSSR count). The fourth-order valence-electron chi connectivity index (χ4n) is 6.19. The lowest BCUT2D eigenvalue weighted by Crippen LogP contribution is -2.61. The number of hydrogen-bond acceptors (Lipinski definition) is 5. The molecule has 0 aromatic heterocycles. The Labute approximate surface area is 207 Å². The molecule has 0 radical (unpaired) electrons. The Kier molecular flexibility index (Phi) is 7.60. The number of rotatable bonds is 2. The number of hydrogen-bond donors (Lipinski definition) is 2. The fraction of sp³-hybridized carbons (Fsp3) is 0.552. The zero-order valence-electron chi connectivity index (χ0n) is 20.7. The average molecular weight is 480 g/mol. The van der Waals surface area contributed by atoms with Gasteiger partial charge >= 0.3 is 5.97 Å². The molecule has 1 aromatic carbocycles. The number of amides is 1. The van der Waals surface area contributed by atoms with E-state index < -0.39 is 29.5 Å². The van der Waals surface area contributed by atoms with E-state index in [1.807, 2.05) is 49.4 Å². The second-order valence-electron chi connectivity index (χ2n) is 10.6. The summed E-state index contributed by atoms with van der Waals surface area (Å²) in [6, 6.07) is 9.60. The van der Waals surface area contributed by atoms with Crippen LogP contribution in [-0.2, 0) is 25.5 Å². The second-order valence-corrected chi connectivity index (χ2v) is 10.6. The summed E-state index contributed by atoms with van der Waals surface area (Å²) in [5.41, 5.74) is 0.163. The Morgan fingerprint density at radius 3 is 2.60 bits per heavy atom. The van der Waals surface area contributed by atoms with Crippen molar-refractivity contribution in [3.05, 3.63) is 60.2 Å². The molecule has 1 amide bonds. The first-order valence-corrected chi connectivity index (χ1v) is 12.9. The standard InChI is InChI=1S/C29H37NO5/c1-18-9-7-13-22(31)15-16-25(32)35-29-23(14-8-10-18)27(33)20(3)19(2)26(29)24(30-28(29)34)17-21-11-5-4-6-12-21/h4-6,8,11-12,14,18-19,23-24,26-27,33H,3,7,9-10,13,15-17H2,1-2H3,(H,30,34)/t18-,19-,23+,24+,26+,27-,29-/m1/s1. The van der Waals surface area contributed by atoms with E-state index in [9.17, 15) is 19.5 Å². The Balaban J connectivity index is 1.76. The molecule has 1 saturated heterocycles. The van der Waals surface area contributed by atoms with Crippen molar-refractivity contribution in [1.29, 1.82) is 0 Å². The Bertz CT molecular complexity index is 1000. The summed E-state index contributed by atoms with van der Waals surface area (Å²) in [7, 11) is 0. The van der Waals surface area contributed by atoms with Crippen LogP contribution in [0.1, 0.15) is 57.9 Å². The third kappa shape index (κ3) is 4.99. The third-order valence-electron chi connectivity index (χ3n) is 8.16. The topological polar surface area (TPSA) is 92.7 Å². The molecule has 2 N–H and O–H groups in total. The Morgan fingerprint density at radius 1 is 1.11 bits per heavy atom. The molecule has 3 aliphatic rings. The highest BCUT2D eigenvalue weighted by Gasteiger charge is 2.67. The summed E-state index contributed by atoms with van der Waals surface area (Å²) in [6.45, 7) is 8.26. The summed E-state index contributed by atoms with van der Waals surface area (Å²) >= 11 is 0. The van der Waals surface area contributed by atoms with Gasteiger partial charge in [-0.25, -0.2) is 0 Å². The van der Waals surface area contributed by atoms with Crippen molar-refractivity contribution in [1.82, 2.24) is 5.32 Å². The van der Waals surface area contributed by atoms with Gasteiger partial charge in [0, 0.05) is 24.8 Å². The van der Waals surface area contributed by atoms with Crippen molar-refractivity contribution in [2.24, 2.45) is 23.7 Å². The molecule has 1 saturated carbocycles. The molecule has 7 atom stereocenters. The van der Waals surface area contributed by atoms with Gasteiger partial charge in [0.2, 0.25) is 5.60 Å². The minimum atomic E-state index is -1.55. The van der Waals surface area contributed by atoms with Gasteiger partial charge < -0.3 is 15.2 Å². The molecule has 35 heavy (non-hydrogen) atoms. The Morgan fingerprint density at radius 2 is 1.86 bits per heavy atom. The first kappa shape index (κ1) is 25.4. The number of Topliss-reactive ketones (excluding diaryl/α,β-unsaturated/α-hetero) is 1. The summed E-state index contributed by atoms with van der Waals surface area (Å²) in [5.74, 6) is -1.95. The number of nitrogens with one attached hydrogen (secondary N) is 1. The van der Waals surface area contributed by atoms with Crippen LogP contribution >= 0.6 is 0 Å². The number of carbonyl (C=O) groups excluding carboxylic acids is 3. The smallest absolute Gasteiger partial charge is 0.307 e. The largest absolute Gasteiger partial charge is 0.448 e. The molecule has 6 nitrogen and oxygen atoms in total. The van der Waals surface area contributed by atoms with E-state index >= 15 is 0 Å². The van der Waals surface area contributed by atoms with Crippen molar-refractivity contribution in [2.45, 2.75) is 76.5 Å². The third-order valence-corrected chi connectivity index (χ3v) is 8.16. The first-order chi connectivity index (χ1) is 16.7. The highest BCUT2D eigenvalue weighted by atomic mass is 16.6. The van der Waals surface area contributed by atoms with Gasteiger partial charge in [-0.15, -0.1) is 0 Å². The first-order valence-electron chi connectivity index (χ1n) is 12.9.